The van der Waals surface area contributed by atoms with Crippen LogP contribution >= 0.6 is 0 Å². The molecule has 0 unspecified atom stereocenters. The molecule has 3 nitrogen and oxygen atoms in total. The van der Waals surface area contributed by atoms with Gasteiger partial charge in [-0.25, -0.2) is 0 Å². The molecule has 0 spiro atoms. The number of carbonyl (C=O) groups is 2. The number of Topliss-reactive ketones (excluding diaryl/α,β-unsaturated/α-hetero) is 1. The smallest absolute Gasteiger partial charge is 0.200 e. The van der Waals surface area contributed by atoms with Crippen LogP contribution in [0.3, 0.4) is 0 Å². The summed E-state index contributed by atoms with van der Waals surface area (Å²) < 4.78 is 0. The first-order valence-electron chi connectivity index (χ1n) is 2.48. The molecule has 0 heterocycles. The van der Waals surface area contributed by atoms with E-state index in [0.29, 0.717) is 6.29 Å². The molecule has 3 heteroatoms. The van der Waals surface area contributed by atoms with E-state index in [2.05, 4.69) is 0 Å². The highest BCUT2D eigenvalue weighted by Gasteiger charge is 2.19. The van der Waals surface area contributed by atoms with Crippen LogP contribution in [-0.2, 0) is 9.59 Å². The predicted octanol–water partition coefficient (Wildman–Crippen LogP) is -0.0242. The molecule has 0 fully saturated rings. The van der Waals surface area contributed by atoms with E-state index in [4.69, 9.17) is 0 Å². The third-order valence-electron chi connectivity index (χ3n) is 0.846. The maximum atomic E-state index is 10.5. The van der Waals surface area contributed by atoms with Gasteiger partial charge in [0.2, 0.25) is 0 Å². The van der Waals surface area contributed by atoms with E-state index in [1.807, 2.05) is 0 Å². The molecule has 0 aromatic heterocycles. The van der Waals surface area contributed by atoms with Crippen molar-refractivity contribution in [1.29, 1.82) is 0 Å². The number of aldehydes is 1. The number of carbonyl (C=O) groups excluding carboxylic acids is 2. The summed E-state index contributed by atoms with van der Waals surface area (Å²) in [5, 5.41) is 0. The topological polar surface area (TPSA) is 65.6 Å². The van der Waals surface area contributed by atoms with Gasteiger partial charge in [-0.2, -0.15) is 0 Å². The summed E-state index contributed by atoms with van der Waals surface area (Å²) >= 11 is 0. The third-order valence-corrected chi connectivity index (χ3v) is 0.846. The largest absolute Gasteiger partial charge is 0.412 e. The highest BCUT2D eigenvalue weighted by Crippen LogP contribution is 2.11. The fourth-order valence-electron chi connectivity index (χ4n) is 0.177. The Balaban J connectivity index is 0. The normalized spacial score (nSPS) is 9.67. The summed E-state index contributed by atoms with van der Waals surface area (Å²) in [5.41, 5.74) is -0.498. The van der Waals surface area contributed by atoms with Crippen LogP contribution in [0.2, 0.25) is 0 Å². The van der Waals surface area contributed by atoms with Gasteiger partial charge in [-0.15, -0.1) is 0 Å². The van der Waals surface area contributed by atoms with Gasteiger partial charge in [-0.3, -0.25) is 9.59 Å². The molecule has 0 aliphatic heterocycles. The minimum absolute atomic E-state index is 0. The summed E-state index contributed by atoms with van der Waals surface area (Å²) in [5.74, 6) is -0.350. The molecule has 0 rings (SSSR count). The van der Waals surface area contributed by atoms with Crippen molar-refractivity contribution in [1.82, 2.24) is 0 Å². The van der Waals surface area contributed by atoms with Crippen LogP contribution in [0.1, 0.15) is 20.8 Å². The maximum Gasteiger partial charge on any atom is 0.200 e. The van der Waals surface area contributed by atoms with Gasteiger partial charge in [0.15, 0.2) is 12.1 Å². The molecule has 0 aromatic carbocycles. The van der Waals surface area contributed by atoms with Crippen molar-refractivity contribution in [3.8, 4) is 0 Å². The van der Waals surface area contributed by atoms with Gasteiger partial charge in [0, 0.05) is 5.41 Å². The summed E-state index contributed by atoms with van der Waals surface area (Å²) in [4.78, 5) is 20.3. The van der Waals surface area contributed by atoms with E-state index in [1.165, 1.54) is 0 Å². The molecule has 0 aromatic rings. The Morgan fingerprint density at radius 2 is 1.67 bits per heavy atom. The first-order chi connectivity index (χ1) is 3.48. The van der Waals surface area contributed by atoms with Gasteiger partial charge in [0.05, 0.1) is 0 Å². The van der Waals surface area contributed by atoms with Crippen LogP contribution in [0.4, 0.5) is 0 Å². The average molecular weight is 132 g/mol. The Labute approximate surface area is 54.4 Å². The zero-order valence-electron chi connectivity index (χ0n) is 5.89. The van der Waals surface area contributed by atoms with Crippen LogP contribution in [0.25, 0.3) is 0 Å². The molecule has 0 atom stereocenters. The minimum Gasteiger partial charge on any atom is -0.412 e. The Morgan fingerprint density at radius 3 is 1.67 bits per heavy atom. The molecule has 0 aliphatic rings. The molecule has 0 radical (unpaired) electrons. The fourth-order valence-corrected chi connectivity index (χ4v) is 0.177. The molecule has 2 N–H and O–H groups in total. The summed E-state index contributed by atoms with van der Waals surface area (Å²) in [6, 6.07) is 0. The lowest BCUT2D eigenvalue weighted by atomic mass is 9.92. The van der Waals surface area contributed by atoms with Crippen molar-refractivity contribution in [2.75, 3.05) is 0 Å². The van der Waals surface area contributed by atoms with Gasteiger partial charge in [0.1, 0.15) is 0 Å². The number of hydrogen-bond donors (Lipinski definition) is 0. The summed E-state index contributed by atoms with van der Waals surface area (Å²) in [6.45, 7) is 5.14. The van der Waals surface area contributed by atoms with Crippen LogP contribution in [0.15, 0.2) is 0 Å². The van der Waals surface area contributed by atoms with Crippen molar-refractivity contribution >= 4 is 12.1 Å². The van der Waals surface area contributed by atoms with Gasteiger partial charge in [0.25, 0.3) is 0 Å². The van der Waals surface area contributed by atoms with E-state index in [0.717, 1.165) is 0 Å². The fraction of sp³-hybridized carbons (Fsp3) is 0.667. The minimum atomic E-state index is -0.498. The van der Waals surface area contributed by atoms with Crippen molar-refractivity contribution in [3.63, 3.8) is 0 Å². The van der Waals surface area contributed by atoms with Gasteiger partial charge >= 0.3 is 0 Å². The third kappa shape index (κ3) is 3.85. The van der Waals surface area contributed by atoms with Gasteiger partial charge in [-0.1, -0.05) is 20.8 Å². The van der Waals surface area contributed by atoms with Crippen LogP contribution < -0.4 is 0 Å². The Hall–Kier alpha value is -0.700. The predicted molar refractivity (Wildman–Crippen MR) is 34.1 cm³/mol. The molecule has 0 aliphatic carbocycles. The molecule has 0 saturated heterocycles. The van der Waals surface area contributed by atoms with Crippen molar-refractivity contribution in [2.45, 2.75) is 20.8 Å². The van der Waals surface area contributed by atoms with E-state index in [-0.39, 0.29) is 11.3 Å². The quantitative estimate of drug-likeness (QED) is 0.371. The zero-order chi connectivity index (χ0) is 6.78. The van der Waals surface area contributed by atoms with Crippen LogP contribution in [-0.4, -0.2) is 17.5 Å². The van der Waals surface area contributed by atoms with Crippen LogP contribution in [0.5, 0.6) is 0 Å². The monoisotopic (exact) mass is 132 g/mol. The SMILES string of the molecule is CC(C)(C)C(=O)C=O.O. The molecule has 54 valence electrons. The van der Waals surface area contributed by atoms with Crippen LogP contribution in [0, 0.1) is 5.41 Å². The maximum absolute atomic E-state index is 10.5. The number of hydrogen-bond acceptors (Lipinski definition) is 2. The first kappa shape index (κ1) is 11.1. The second kappa shape index (κ2) is 3.35. The van der Waals surface area contributed by atoms with Crippen molar-refractivity contribution < 1.29 is 15.1 Å². The average Bonchev–Trinajstić information content (AvgIpc) is 1.62. The summed E-state index contributed by atoms with van der Waals surface area (Å²) in [6.07, 6.45) is 0.361. The number of ketones is 1. The van der Waals surface area contributed by atoms with E-state index < -0.39 is 5.41 Å². The molecular formula is C6H12O3. The molecule has 0 amide bonds. The highest BCUT2D eigenvalue weighted by atomic mass is 16.2. The van der Waals surface area contributed by atoms with Gasteiger partial charge < -0.3 is 5.48 Å². The molecule has 0 saturated carbocycles. The van der Waals surface area contributed by atoms with Crippen molar-refractivity contribution in [2.24, 2.45) is 5.41 Å². The lowest BCUT2D eigenvalue weighted by Crippen LogP contribution is -2.20. The Morgan fingerprint density at radius 1 is 1.33 bits per heavy atom. The zero-order valence-corrected chi connectivity index (χ0v) is 5.89. The second-order valence-corrected chi connectivity index (χ2v) is 2.73. The van der Waals surface area contributed by atoms with Crippen molar-refractivity contribution in [3.05, 3.63) is 0 Å². The molecular weight excluding hydrogens is 120 g/mol. The lowest BCUT2D eigenvalue weighted by Gasteiger charge is -2.10. The van der Waals surface area contributed by atoms with E-state index in [1.54, 1.807) is 20.8 Å². The number of rotatable bonds is 1. The molecule has 9 heavy (non-hydrogen) atoms. The highest BCUT2D eigenvalue weighted by molar-refractivity contribution is 6.27. The second-order valence-electron chi connectivity index (χ2n) is 2.73. The Kier molecular flexibility index (Phi) is 4.15. The van der Waals surface area contributed by atoms with E-state index in [9.17, 15) is 9.59 Å². The van der Waals surface area contributed by atoms with E-state index >= 15 is 0 Å². The molecule has 0 bridgehead atoms. The first-order valence-corrected chi connectivity index (χ1v) is 2.48. The Bertz CT molecular complexity index is 110. The standard InChI is InChI=1S/C6H10O2.H2O/c1-6(2,3)5(8)4-7;/h4H,1-3H3;1H2. The summed E-state index contributed by atoms with van der Waals surface area (Å²) in [7, 11) is 0. The van der Waals surface area contributed by atoms with Gasteiger partial charge in [-0.05, 0) is 0 Å². The lowest BCUT2D eigenvalue weighted by molar-refractivity contribution is -0.135.